The van der Waals surface area contributed by atoms with Gasteiger partial charge >= 0.3 is 0 Å². The molecule has 0 aromatic heterocycles. The van der Waals surface area contributed by atoms with E-state index in [0.29, 0.717) is 16.8 Å². The Morgan fingerprint density at radius 3 is 2.31 bits per heavy atom. The number of rotatable bonds is 5. The number of aryl methyl sites for hydroxylation is 1. The molecule has 26 heavy (non-hydrogen) atoms. The Balaban J connectivity index is 1.82. The number of hydrogen-bond donors (Lipinski definition) is 1. The first-order valence-electron chi connectivity index (χ1n) is 8.27. The highest BCUT2D eigenvalue weighted by molar-refractivity contribution is 9.10. The van der Waals surface area contributed by atoms with Gasteiger partial charge in [-0.1, -0.05) is 76.1 Å². The zero-order valence-electron chi connectivity index (χ0n) is 14.3. The van der Waals surface area contributed by atoms with Gasteiger partial charge in [-0.2, -0.15) is 0 Å². The van der Waals surface area contributed by atoms with E-state index in [-0.39, 0.29) is 18.1 Å². The van der Waals surface area contributed by atoms with Crippen molar-refractivity contribution in [3.05, 3.63) is 99.5 Å². The van der Waals surface area contributed by atoms with Crippen LogP contribution in [0.5, 0.6) is 0 Å². The lowest BCUT2D eigenvalue weighted by atomic mass is 10.0. The van der Waals surface area contributed by atoms with Gasteiger partial charge in [-0.25, -0.2) is 0 Å². The minimum atomic E-state index is -0.154. The Morgan fingerprint density at radius 2 is 1.62 bits per heavy atom. The van der Waals surface area contributed by atoms with E-state index >= 15 is 0 Å². The van der Waals surface area contributed by atoms with Crippen molar-refractivity contribution in [1.82, 2.24) is 0 Å². The number of hydrogen-bond acceptors (Lipinski definition) is 2. The minimum absolute atomic E-state index is 0.127. The maximum atomic E-state index is 12.8. The summed E-state index contributed by atoms with van der Waals surface area (Å²) in [5.74, 6) is -0.282. The average Bonchev–Trinajstić information content (AvgIpc) is 2.65. The Labute approximate surface area is 161 Å². The van der Waals surface area contributed by atoms with Crippen LogP contribution in [0.25, 0.3) is 0 Å². The van der Waals surface area contributed by atoms with Crippen LogP contribution in [0.1, 0.15) is 27.0 Å². The average molecular weight is 408 g/mol. The Morgan fingerprint density at radius 1 is 0.923 bits per heavy atom. The second-order valence-corrected chi connectivity index (χ2v) is 7.01. The van der Waals surface area contributed by atoms with Crippen LogP contribution in [0.15, 0.2) is 77.3 Å². The van der Waals surface area contributed by atoms with Gasteiger partial charge in [-0.3, -0.25) is 9.59 Å². The van der Waals surface area contributed by atoms with Crippen molar-refractivity contribution in [2.45, 2.75) is 13.3 Å². The number of nitrogens with one attached hydrogen (secondary N) is 1. The molecule has 0 saturated carbocycles. The predicted octanol–water partition coefficient (Wildman–Crippen LogP) is 5.17. The lowest BCUT2D eigenvalue weighted by Crippen LogP contribution is -2.17. The molecule has 0 radical (unpaired) electrons. The molecular formula is C22H18BrNO2. The molecule has 3 rings (SSSR count). The molecule has 0 saturated heterocycles. The fourth-order valence-corrected chi connectivity index (χ4v) is 3.01. The van der Waals surface area contributed by atoms with Crippen molar-refractivity contribution in [3.8, 4) is 0 Å². The summed E-state index contributed by atoms with van der Waals surface area (Å²) in [4.78, 5) is 25.3. The summed E-state index contributed by atoms with van der Waals surface area (Å²) in [5.41, 5.74) is 3.64. The number of halogens is 1. The molecule has 0 bridgehead atoms. The normalized spacial score (nSPS) is 10.4. The molecule has 3 nitrogen and oxygen atoms in total. The van der Waals surface area contributed by atoms with Crippen LogP contribution in [0, 0.1) is 6.92 Å². The third kappa shape index (κ3) is 4.46. The lowest BCUT2D eigenvalue weighted by molar-refractivity contribution is -0.115. The Bertz CT molecular complexity index is 934. The van der Waals surface area contributed by atoms with E-state index < -0.39 is 0 Å². The monoisotopic (exact) mass is 407 g/mol. The number of ketones is 1. The van der Waals surface area contributed by atoms with Gasteiger partial charge in [-0.05, 0) is 30.7 Å². The molecule has 130 valence electrons. The van der Waals surface area contributed by atoms with Gasteiger partial charge in [0.15, 0.2) is 5.78 Å². The lowest BCUT2D eigenvalue weighted by Gasteiger charge is -2.11. The van der Waals surface area contributed by atoms with Crippen molar-refractivity contribution >= 4 is 33.3 Å². The topological polar surface area (TPSA) is 46.2 Å². The number of benzene rings is 3. The van der Waals surface area contributed by atoms with Crippen LogP contribution in [-0.2, 0) is 11.2 Å². The van der Waals surface area contributed by atoms with Gasteiger partial charge in [0.05, 0.1) is 12.1 Å². The predicted molar refractivity (Wildman–Crippen MR) is 108 cm³/mol. The van der Waals surface area contributed by atoms with Crippen molar-refractivity contribution in [2.24, 2.45) is 0 Å². The van der Waals surface area contributed by atoms with Gasteiger partial charge in [0.2, 0.25) is 5.91 Å². The SMILES string of the molecule is Cc1ccc(CC(=O)Nc2ccc(Br)cc2C(=O)c2ccccc2)cc1. The second kappa shape index (κ2) is 8.11. The molecular weight excluding hydrogens is 390 g/mol. The maximum absolute atomic E-state index is 12.8. The first-order chi connectivity index (χ1) is 12.5. The smallest absolute Gasteiger partial charge is 0.228 e. The van der Waals surface area contributed by atoms with Crippen molar-refractivity contribution in [1.29, 1.82) is 0 Å². The van der Waals surface area contributed by atoms with Gasteiger partial charge in [0, 0.05) is 15.6 Å². The molecule has 3 aromatic carbocycles. The molecule has 0 atom stereocenters. The third-order valence-corrected chi connectivity index (χ3v) is 4.51. The molecule has 0 aliphatic carbocycles. The fraction of sp³-hybridized carbons (Fsp3) is 0.0909. The standard InChI is InChI=1S/C22H18BrNO2/c1-15-7-9-16(10-8-15)13-21(25)24-20-12-11-18(23)14-19(20)22(26)17-5-3-2-4-6-17/h2-12,14H,13H2,1H3,(H,24,25). The minimum Gasteiger partial charge on any atom is -0.325 e. The van der Waals surface area contributed by atoms with E-state index in [9.17, 15) is 9.59 Å². The first kappa shape index (κ1) is 18.1. The molecule has 0 aliphatic rings. The number of amides is 1. The summed E-state index contributed by atoms with van der Waals surface area (Å²) in [7, 11) is 0. The number of anilines is 1. The fourth-order valence-electron chi connectivity index (χ4n) is 2.64. The summed E-state index contributed by atoms with van der Waals surface area (Å²) in [6.07, 6.45) is 0.259. The molecule has 0 aliphatic heterocycles. The molecule has 3 aromatic rings. The highest BCUT2D eigenvalue weighted by Crippen LogP contribution is 2.24. The van der Waals surface area contributed by atoms with Gasteiger partial charge in [0.25, 0.3) is 0 Å². The van der Waals surface area contributed by atoms with E-state index in [1.807, 2.05) is 55.5 Å². The van der Waals surface area contributed by atoms with E-state index in [2.05, 4.69) is 21.2 Å². The summed E-state index contributed by atoms with van der Waals surface area (Å²) < 4.78 is 0.785. The van der Waals surface area contributed by atoms with E-state index in [0.717, 1.165) is 15.6 Å². The van der Waals surface area contributed by atoms with Crippen LogP contribution in [-0.4, -0.2) is 11.7 Å². The molecule has 4 heteroatoms. The quantitative estimate of drug-likeness (QED) is 0.592. The summed E-state index contributed by atoms with van der Waals surface area (Å²) in [6.45, 7) is 2.01. The molecule has 1 N–H and O–H groups in total. The molecule has 0 spiro atoms. The largest absolute Gasteiger partial charge is 0.325 e. The van der Waals surface area contributed by atoms with E-state index in [4.69, 9.17) is 0 Å². The van der Waals surface area contributed by atoms with Gasteiger partial charge in [0.1, 0.15) is 0 Å². The highest BCUT2D eigenvalue weighted by Gasteiger charge is 2.16. The molecule has 1 amide bonds. The first-order valence-corrected chi connectivity index (χ1v) is 9.07. The van der Waals surface area contributed by atoms with E-state index in [1.54, 1.807) is 24.3 Å². The Hall–Kier alpha value is -2.72. The second-order valence-electron chi connectivity index (χ2n) is 6.10. The van der Waals surface area contributed by atoms with Crippen LogP contribution in [0.3, 0.4) is 0 Å². The van der Waals surface area contributed by atoms with Crippen molar-refractivity contribution in [2.75, 3.05) is 5.32 Å². The molecule has 0 fully saturated rings. The zero-order valence-corrected chi connectivity index (χ0v) is 15.9. The van der Waals surface area contributed by atoms with Crippen LogP contribution < -0.4 is 5.32 Å². The van der Waals surface area contributed by atoms with Crippen LogP contribution >= 0.6 is 15.9 Å². The summed E-state index contributed by atoms with van der Waals surface area (Å²) in [5, 5.41) is 2.87. The maximum Gasteiger partial charge on any atom is 0.228 e. The third-order valence-electron chi connectivity index (χ3n) is 4.02. The Kier molecular flexibility index (Phi) is 5.64. The van der Waals surface area contributed by atoms with Crippen molar-refractivity contribution < 1.29 is 9.59 Å². The summed E-state index contributed by atoms with van der Waals surface area (Å²) in [6, 6.07) is 22.2. The van der Waals surface area contributed by atoms with Crippen LogP contribution in [0.2, 0.25) is 0 Å². The molecule has 0 unspecified atom stereocenters. The number of carbonyl (C=O) groups is 2. The van der Waals surface area contributed by atoms with Crippen LogP contribution in [0.4, 0.5) is 5.69 Å². The zero-order chi connectivity index (χ0) is 18.5. The van der Waals surface area contributed by atoms with E-state index in [1.165, 1.54) is 0 Å². The van der Waals surface area contributed by atoms with Crippen molar-refractivity contribution in [3.63, 3.8) is 0 Å². The van der Waals surface area contributed by atoms with Gasteiger partial charge < -0.3 is 5.32 Å². The number of carbonyl (C=O) groups excluding carboxylic acids is 2. The van der Waals surface area contributed by atoms with Gasteiger partial charge in [-0.15, -0.1) is 0 Å². The highest BCUT2D eigenvalue weighted by atomic mass is 79.9. The summed E-state index contributed by atoms with van der Waals surface area (Å²) >= 11 is 3.40. The molecule has 0 heterocycles.